The third-order valence-electron chi connectivity index (χ3n) is 3.19. The van der Waals surface area contributed by atoms with E-state index in [0.29, 0.717) is 24.2 Å². The van der Waals surface area contributed by atoms with Gasteiger partial charge in [-0.2, -0.15) is 5.26 Å². The van der Waals surface area contributed by atoms with E-state index in [1.165, 1.54) is 0 Å². The highest BCUT2D eigenvalue weighted by molar-refractivity contribution is 7.91. The van der Waals surface area contributed by atoms with Gasteiger partial charge in [0.25, 0.3) is 0 Å². The largest absolute Gasteiger partial charge is 0.377 e. The molecule has 5 heteroatoms. The van der Waals surface area contributed by atoms with E-state index in [0.717, 1.165) is 0 Å². The molecule has 1 aromatic carbocycles. The summed E-state index contributed by atoms with van der Waals surface area (Å²) in [7, 11) is -3.22. The maximum Gasteiger partial charge on any atom is 0.159 e. The van der Waals surface area contributed by atoms with E-state index >= 15 is 0 Å². The molecule has 1 heterocycles. The van der Waals surface area contributed by atoms with Crippen LogP contribution in [0.15, 0.2) is 24.3 Å². The normalized spacial score (nSPS) is 23.8. The summed E-state index contributed by atoms with van der Waals surface area (Å²) in [4.78, 5) is 0. The molecule has 0 spiro atoms. The van der Waals surface area contributed by atoms with Gasteiger partial charge in [0.1, 0.15) is 0 Å². The van der Waals surface area contributed by atoms with Crippen LogP contribution in [0.25, 0.3) is 0 Å². The Bertz CT molecular complexity index is 574. The van der Waals surface area contributed by atoms with Crippen LogP contribution in [0.1, 0.15) is 24.5 Å². The lowest BCUT2D eigenvalue weighted by Gasteiger charge is -2.15. The quantitative estimate of drug-likeness (QED) is 0.833. The van der Waals surface area contributed by atoms with Gasteiger partial charge < -0.3 is 4.74 Å². The maximum absolute atomic E-state index is 12.2. The van der Waals surface area contributed by atoms with Crippen LogP contribution in [-0.2, 0) is 20.3 Å². The Kier molecular flexibility index (Phi) is 3.69. The number of sulfone groups is 1. The van der Waals surface area contributed by atoms with Gasteiger partial charge in [-0.1, -0.05) is 12.1 Å². The maximum atomic E-state index is 12.2. The van der Waals surface area contributed by atoms with E-state index in [1.807, 2.05) is 6.07 Å². The molecule has 1 aliphatic heterocycles. The summed E-state index contributed by atoms with van der Waals surface area (Å²) in [5.41, 5.74) is 1.14. The Morgan fingerprint density at radius 2 is 2.28 bits per heavy atom. The number of hydrogen-bond acceptors (Lipinski definition) is 4. The number of ether oxygens (including phenoxy) is 1. The van der Waals surface area contributed by atoms with Crippen molar-refractivity contribution in [2.75, 3.05) is 6.61 Å². The van der Waals surface area contributed by atoms with Crippen molar-refractivity contribution < 1.29 is 13.2 Å². The van der Waals surface area contributed by atoms with E-state index in [4.69, 9.17) is 10.00 Å². The minimum absolute atomic E-state index is 0.0269. The molecular weight excluding hydrogens is 250 g/mol. The number of nitriles is 1. The zero-order valence-corrected chi connectivity index (χ0v) is 11.0. The van der Waals surface area contributed by atoms with Gasteiger partial charge in [-0.15, -0.1) is 0 Å². The van der Waals surface area contributed by atoms with Gasteiger partial charge in [-0.3, -0.25) is 0 Å². The smallest absolute Gasteiger partial charge is 0.159 e. The number of hydrogen-bond donors (Lipinski definition) is 0. The van der Waals surface area contributed by atoms with Gasteiger partial charge in [0, 0.05) is 6.61 Å². The summed E-state index contributed by atoms with van der Waals surface area (Å²) in [6, 6.07) is 8.74. The van der Waals surface area contributed by atoms with Gasteiger partial charge in [0.2, 0.25) is 0 Å². The molecule has 0 radical (unpaired) electrons. The van der Waals surface area contributed by atoms with Crippen LogP contribution in [0.3, 0.4) is 0 Å². The zero-order valence-electron chi connectivity index (χ0n) is 10.2. The minimum Gasteiger partial charge on any atom is -0.377 e. The molecule has 1 saturated heterocycles. The predicted octanol–water partition coefficient (Wildman–Crippen LogP) is 1.65. The van der Waals surface area contributed by atoms with Gasteiger partial charge in [0.15, 0.2) is 9.84 Å². The monoisotopic (exact) mass is 265 g/mol. The number of rotatable bonds is 3. The lowest BCUT2D eigenvalue weighted by molar-refractivity contribution is 0.126. The van der Waals surface area contributed by atoms with Crippen molar-refractivity contribution in [1.29, 1.82) is 5.26 Å². The summed E-state index contributed by atoms with van der Waals surface area (Å²) in [6.45, 7) is 2.30. The zero-order chi connectivity index (χ0) is 13.2. The average Bonchev–Trinajstić information content (AvgIpc) is 2.76. The topological polar surface area (TPSA) is 67.2 Å². The molecule has 0 amide bonds. The predicted molar refractivity (Wildman–Crippen MR) is 67.6 cm³/mol. The van der Waals surface area contributed by atoms with Crippen LogP contribution in [0.5, 0.6) is 0 Å². The summed E-state index contributed by atoms with van der Waals surface area (Å²) >= 11 is 0. The first-order chi connectivity index (χ1) is 8.53. The van der Waals surface area contributed by atoms with Gasteiger partial charge in [-0.25, -0.2) is 8.42 Å². The molecule has 0 bridgehead atoms. The van der Waals surface area contributed by atoms with Crippen molar-refractivity contribution in [2.45, 2.75) is 30.5 Å². The van der Waals surface area contributed by atoms with Gasteiger partial charge in [-0.05, 0) is 31.0 Å². The molecule has 2 rings (SSSR count). The molecule has 1 aromatic rings. The third-order valence-corrected chi connectivity index (χ3v) is 5.47. The Hall–Kier alpha value is -1.38. The fraction of sp³-hybridized carbons (Fsp3) is 0.462. The molecule has 96 valence electrons. The first-order valence-corrected chi connectivity index (χ1v) is 7.56. The molecule has 18 heavy (non-hydrogen) atoms. The van der Waals surface area contributed by atoms with E-state index in [9.17, 15) is 8.42 Å². The lowest BCUT2D eigenvalue weighted by atomic mass is 10.2. The first-order valence-electron chi connectivity index (χ1n) is 5.85. The van der Waals surface area contributed by atoms with Crippen molar-refractivity contribution in [1.82, 2.24) is 0 Å². The van der Waals surface area contributed by atoms with Crippen molar-refractivity contribution in [3.63, 3.8) is 0 Å². The Balaban J connectivity index is 2.20. The molecule has 4 nitrogen and oxygen atoms in total. The molecule has 2 unspecified atom stereocenters. The van der Waals surface area contributed by atoms with Crippen LogP contribution in [0.2, 0.25) is 0 Å². The summed E-state index contributed by atoms with van der Waals surface area (Å²) in [5, 5.41) is 8.37. The molecule has 0 saturated carbocycles. The molecule has 0 aromatic heterocycles. The molecular formula is C13H15NO3S. The Morgan fingerprint density at radius 1 is 1.50 bits per heavy atom. The Labute approximate surface area is 107 Å². The van der Waals surface area contributed by atoms with Crippen molar-refractivity contribution in [2.24, 2.45) is 0 Å². The summed E-state index contributed by atoms with van der Waals surface area (Å²) in [6.07, 6.45) is 0.315. The van der Waals surface area contributed by atoms with Crippen molar-refractivity contribution >= 4 is 9.84 Å². The second-order valence-electron chi connectivity index (χ2n) is 4.52. The van der Waals surface area contributed by atoms with E-state index in [1.54, 1.807) is 31.2 Å². The fourth-order valence-corrected chi connectivity index (χ4v) is 4.23. The van der Waals surface area contributed by atoms with Crippen LogP contribution in [0, 0.1) is 11.3 Å². The highest BCUT2D eigenvalue weighted by Gasteiger charge is 2.35. The van der Waals surface area contributed by atoms with Crippen LogP contribution >= 0.6 is 0 Å². The second-order valence-corrected chi connectivity index (χ2v) is 6.74. The van der Waals surface area contributed by atoms with Crippen LogP contribution in [-0.4, -0.2) is 26.4 Å². The van der Waals surface area contributed by atoms with Crippen LogP contribution in [0.4, 0.5) is 0 Å². The van der Waals surface area contributed by atoms with Gasteiger partial charge >= 0.3 is 0 Å². The molecule has 0 N–H and O–H groups in total. The first kappa shape index (κ1) is 13.1. The average molecular weight is 265 g/mol. The van der Waals surface area contributed by atoms with Crippen LogP contribution < -0.4 is 0 Å². The lowest BCUT2D eigenvalue weighted by Crippen LogP contribution is -2.29. The molecule has 0 aliphatic carbocycles. The Morgan fingerprint density at radius 3 is 2.89 bits per heavy atom. The van der Waals surface area contributed by atoms with Crippen molar-refractivity contribution in [3.05, 3.63) is 35.4 Å². The van der Waals surface area contributed by atoms with E-state index < -0.39 is 15.1 Å². The van der Waals surface area contributed by atoms with Gasteiger partial charge in [0.05, 0.1) is 28.7 Å². The molecule has 1 fully saturated rings. The molecule has 1 aliphatic rings. The highest BCUT2D eigenvalue weighted by Crippen LogP contribution is 2.24. The SMILES string of the molecule is CC1OCCC1S(=O)(=O)Cc1cccc(C#N)c1. The number of benzene rings is 1. The minimum atomic E-state index is -3.22. The standard InChI is InChI=1S/C13H15NO3S/c1-10-13(5-6-17-10)18(15,16)9-12-4-2-3-11(7-12)8-14/h2-4,7,10,13H,5-6,9H2,1H3. The van der Waals surface area contributed by atoms with E-state index in [2.05, 4.69) is 0 Å². The summed E-state index contributed by atoms with van der Waals surface area (Å²) in [5.74, 6) is -0.0269. The summed E-state index contributed by atoms with van der Waals surface area (Å²) < 4.78 is 29.8. The van der Waals surface area contributed by atoms with E-state index in [-0.39, 0.29) is 11.9 Å². The third kappa shape index (κ3) is 2.71. The number of nitrogens with zero attached hydrogens (tertiary/aromatic N) is 1. The van der Waals surface area contributed by atoms with Crippen molar-refractivity contribution in [3.8, 4) is 6.07 Å². The second kappa shape index (κ2) is 5.09. The molecule has 2 atom stereocenters. The fourth-order valence-electron chi connectivity index (χ4n) is 2.25. The highest BCUT2D eigenvalue weighted by atomic mass is 32.2.